The molecule has 0 bridgehead atoms. The van der Waals surface area contributed by atoms with E-state index in [4.69, 9.17) is 9.26 Å². The molecule has 0 aromatic carbocycles. The van der Waals surface area contributed by atoms with Gasteiger partial charge in [0.2, 0.25) is 11.8 Å². The van der Waals surface area contributed by atoms with Crippen molar-refractivity contribution in [3.63, 3.8) is 0 Å². The van der Waals surface area contributed by atoms with Gasteiger partial charge < -0.3 is 19.9 Å². The molecule has 8 nitrogen and oxygen atoms in total. The van der Waals surface area contributed by atoms with Gasteiger partial charge in [-0.1, -0.05) is 19.0 Å². The summed E-state index contributed by atoms with van der Waals surface area (Å²) in [5.74, 6) is 1.94. The molecule has 0 aliphatic carbocycles. The van der Waals surface area contributed by atoms with E-state index in [1.807, 2.05) is 33.8 Å². The number of hydrogen-bond acceptors (Lipinski definition) is 6. The first-order chi connectivity index (χ1) is 11.9. The lowest BCUT2D eigenvalue weighted by Gasteiger charge is -2.13. The van der Waals surface area contributed by atoms with E-state index in [1.54, 1.807) is 7.11 Å². The molecule has 25 heavy (non-hydrogen) atoms. The second kappa shape index (κ2) is 8.46. The van der Waals surface area contributed by atoms with E-state index in [2.05, 4.69) is 25.8 Å². The molecule has 2 amide bonds. The van der Waals surface area contributed by atoms with Crippen molar-refractivity contribution in [3.05, 3.63) is 34.6 Å². The quantitative estimate of drug-likeness (QED) is 0.796. The molecule has 0 aliphatic heterocycles. The van der Waals surface area contributed by atoms with Gasteiger partial charge in [0, 0.05) is 30.1 Å². The van der Waals surface area contributed by atoms with Gasteiger partial charge in [-0.25, -0.2) is 9.78 Å². The molecule has 2 N–H and O–H groups in total. The van der Waals surface area contributed by atoms with Crippen LogP contribution in [0.2, 0.25) is 0 Å². The number of carbonyl (C=O) groups is 1. The molecule has 0 fully saturated rings. The average Bonchev–Trinajstić information content (AvgIpc) is 3.02. The lowest BCUT2D eigenvalue weighted by Crippen LogP contribution is -2.36. The van der Waals surface area contributed by atoms with Gasteiger partial charge >= 0.3 is 6.03 Å². The zero-order valence-corrected chi connectivity index (χ0v) is 15.3. The molecule has 2 rings (SSSR count). The highest BCUT2D eigenvalue weighted by Crippen LogP contribution is 2.20. The molecule has 8 heteroatoms. The Morgan fingerprint density at radius 2 is 2.04 bits per heavy atom. The average molecular weight is 347 g/mol. The van der Waals surface area contributed by atoms with Crippen molar-refractivity contribution < 1.29 is 14.1 Å². The zero-order valence-electron chi connectivity index (χ0n) is 15.3. The van der Waals surface area contributed by atoms with Gasteiger partial charge in [0.05, 0.1) is 13.7 Å². The zero-order chi connectivity index (χ0) is 18.4. The number of pyridine rings is 1. The van der Waals surface area contributed by atoms with Crippen LogP contribution < -0.4 is 15.4 Å². The third kappa shape index (κ3) is 5.17. The smallest absolute Gasteiger partial charge is 0.315 e. The number of urea groups is 1. The highest BCUT2D eigenvalue weighted by Gasteiger charge is 2.12. The molecule has 0 saturated heterocycles. The maximum Gasteiger partial charge on any atom is 0.315 e. The first-order valence-corrected chi connectivity index (χ1v) is 8.26. The fourth-order valence-electron chi connectivity index (χ4n) is 2.33. The minimum Gasteiger partial charge on any atom is -0.481 e. The van der Waals surface area contributed by atoms with E-state index < -0.39 is 0 Å². The summed E-state index contributed by atoms with van der Waals surface area (Å²) in [5.41, 5.74) is 2.77. The van der Waals surface area contributed by atoms with Crippen LogP contribution in [0.3, 0.4) is 0 Å². The first-order valence-electron chi connectivity index (χ1n) is 8.26. The minimum absolute atomic E-state index is 0.218. The van der Waals surface area contributed by atoms with Crippen LogP contribution in [0.25, 0.3) is 0 Å². The maximum atomic E-state index is 11.9. The summed E-state index contributed by atoms with van der Waals surface area (Å²) in [6.45, 7) is 8.61. The van der Waals surface area contributed by atoms with Gasteiger partial charge in [0.1, 0.15) is 0 Å². The van der Waals surface area contributed by atoms with Crippen LogP contribution in [0.5, 0.6) is 5.88 Å². The van der Waals surface area contributed by atoms with Gasteiger partial charge in [0.25, 0.3) is 0 Å². The third-order valence-corrected chi connectivity index (χ3v) is 3.68. The number of hydrogen-bond donors (Lipinski definition) is 2. The van der Waals surface area contributed by atoms with Crippen molar-refractivity contribution in [2.75, 3.05) is 13.7 Å². The van der Waals surface area contributed by atoms with E-state index >= 15 is 0 Å². The van der Waals surface area contributed by atoms with Gasteiger partial charge in [-0.05, 0) is 25.5 Å². The summed E-state index contributed by atoms with van der Waals surface area (Å²) in [7, 11) is 1.57. The Morgan fingerprint density at radius 1 is 1.28 bits per heavy atom. The van der Waals surface area contributed by atoms with Gasteiger partial charge in [-0.3, -0.25) is 0 Å². The molecular weight excluding hydrogens is 322 g/mol. The molecule has 0 spiro atoms. The predicted octanol–water partition coefficient (Wildman–Crippen LogP) is 2.26. The molecular formula is C17H25N5O3. The van der Waals surface area contributed by atoms with Gasteiger partial charge in [-0.2, -0.15) is 4.98 Å². The van der Waals surface area contributed by atoms with Crippen molar-refractivity contribution in [2.45, 2.75) is 46.6 Å². The maximum absolute atomic E-state index is 11.9. The van der Waals surface area contributed by atoms with Crippen molar-refractivity contribution in [1.29, 1.82) is 0 Å². The van der Waals surface area contributed by atoms with Crippen LogP contribution in [-0.4, -0.2) is 34.8 Å². The number of aromatic nitrogens is 3. The van der Waals surface area contributed by atoms with Crippen LogP contribution in [0.15, 0.2) is 10.6 Å². The third-order valence-electron chi connectivity index (χ3n) is 3.68. The van der Waals surface area contributed by atoms with E-state index in [0.717, 1.165) is 16.8 Å². The molecule has 0 unspecified atom stereocenters. The lowest BCUT2D eigenvalue weighted by molar-refractivity contribution is 0.240. The fourth-order valence-corrected chi connectivity index (χ4v) is 2.33. The molecule has 0 atom stereocenters. The van der Waals surface area contributed by atoms with Crippen LogP contribution in [-0.2, 0) is 13.0 Å². The number of carbonyl (C=O) groups excluding carboxylic acids is 1. The van der Waals surface area contributed by atoms with Crippen molar-refractivity contribution in [1.82, 2.24) is 25.8 Å². The Labute approximate surface area is 147 Å². The monoisotopic (exact) mass is 347 g/mol. The number of aryl methyl sites for hydroxylation is 2. The summed E-state index contributed by atoms with van der Waals surface area (Å²) in [4.78, 5) is 20.5. The molecule has 0 radical (unpaired) electrons. The van der Waals surface area contributed by atoms with Crippen LogP contribution in [0, 0.1) is 13.8 Å². The lowest BCUT2D eigenvalue weighted by atomic mass is 10.1. The van der Waals surface area contributed by atoms with Crippen molar-refractivity contribution in [3.8, 4) is 5.88 Å². The van der Waals surface area contributed by atoms with E-state index in [9.17, 15) is 4.79 Å². The molecule has 0 saturated carbocycles. The molecule has 2 aromatic rings. The minimum atomic E-state index is -0.273. The largest absolute Gasteiger partial charge is 0.481 e. The van der Waals surface area contributed by atoms with Crippen LogP contribution in [0.4, 0.5) is 4.79 Å². The highest BCUT2D eigenvalue weighted by molar-refractivity contribution is 5.73. The number of nitrogens with zero attached hydrogens (tertiary/aromatic N) is 3. The Bertz CT molecular complexity index is 727. The SMILES string of the molecule is COc1nc(C)cc(C)c1CNC(=O)NCCc1nc(C(C)C)no1. The van der Waals surface area contributed by atoms with E-state index in [0.29, 0.717) is 37.1 Å². The number of amides is 2. The molecule has 2 heterocycles. The summed E-state index contributed by atoms with van der Waals surface area (Å²) >= 11 is 0. The Balaban J connectivity index is 1.81. The summed E-state index contributed by atoms with van der Waals surface area (Å²) in [6.07, 6.45) is 0.488. The number of rotatable bonds is 7. The Kier molecular flexibility index (Phi) is 6.32. The number of nitrogens with one attached hydrogen (secondary N) is 2. The van der Waals surface area contributed by atoms with Crippen LogP contribution in [0.1, 0.15) is 48.3 Å². The highest BCUT2D eigenvalue weighted by atomic mass is 16.5. The van der Waals surface area contributed by atoms with Crippen molar-refractivity contribution >= 4 is 6.03 Å². The molecule has 0 aliphatic rings. The van der Waals surface area contributed by atoms with E-state index in [1.165, 1.54) is 0 Å². The van der Waals surface area contributed by atoms with Crippen molar-refractivity contribution in [2.24, 2.45) is 0 Å². The van der Waals surface area contributed by atoms with Gasteiger partial charge in [0.15, 0.2) is 5.82 Å². The first kappa shape index (κ1) is 18.7. The van der Waals surface area contributed by atoms with Gasteiger partial charge in [-0.15, -0.1) is 0 Å². The summed E-state index contributed by atoms with van der Waals surface area (Å²) in [6, 6.07) is 1.69. The summed E-state index contributed by atoms with van der Waals surface area (Å²) in [5, 5.41) is 9.47. The number of ether oxygens (including phenoxy) is 1. The second-order valence-electron chi connectivity index (χ2n) is 6.13. The Morgan fingerprint density at radius 3 is 2.68 bits per heavy atom. The fraction of sp³-hybridized carbons (Fsp3) is 0.529. The van der Waals surface area contributed by atoms with Crippen LogP contribution >= 0.6 is 0 Å². The predicted molar refractivity (Wildman–Crippen MR) is 92.6 cm³/mol. The normalized spacial score (nSPS) is 10.8. The van der Waals surface area contributed by atoms with E-state index in [-0.39, 0.29) is 11.9 Å². The molecule has 136 valence electrons. The molecule has 2 aromatic heterocycles. The second-order valence-corrected chi connectivity index (χ2v) is 6.13. The number of methoxy groups -OCH3 is 1. The Hall–Kier alpha value is -2.64. The summed E-state index contributed by atoms with van der Waals surface area (Å²) < 4.78 is 10.4. The topological polar surface area (TPSA) is 102 Å². The standard InChI is InChI=1S/C17H25N5O3/c1-10(2)15-21-14(25-22-15)6-7-18-17(23)19-9-13-11(3)8-12(4)20-16(13)24-5/h8,10H,6-7,9H2,1-5H3,(H2,18,19,23).